The van der Waals surface area contributed by atoms with Crippen molar-refractivity contribution in [2.75, 3.05) is 17.7 Å². The van der Waals surface area contributed by atoms with Crippen LogP contribution in [0.25, 0.3) is 0 Å². The number of benzene rings is 1. The quantitative estimate of drug-likeness (QED) is 0.809. The van der Waals surface area contributed by atoms with Gasteiger partial charge >= 0.3 is 5.97 Å². The molecule has 1 aromatic rings. The highest BCUT2D eigenvalue weighted by Gasteiger charge is 2.25. The van der Waals surface area contributed by atoms with Gasteiger partial charge in [-0.25, -0.2) is 4.79 Å². The van der Waals surface area contributed by atoms with Gasteiger partial charge in [0.2, 0.25) is 0 Å². The predicted octanol–water partition coefficient (Wildman–Crippen LogP) is 2.84. The van der Waals surface area contributed by atoms with Crippen molar-refractivity contribution in [2.24, 2.45) is 5.41 Å². The van der Waals surface area contributed by atoms with Crippen LogP contribution in [0.3, 0.4) is 0 Å². The second-order valence-corrected chi connectivity index (χ2v) is 5.73. The zero-order valence-electron chi connectivity index (χ0n) is 11.7. The highest BCUT2D eigenvalue weighted by molar-refractivity contribution is 5.90. The van der Waals surface area contributed by atoms with Crippen LogP contribution in [0.5, 0.6) is 0 Å². The van der Waals surface area contributed by atoms with Crippen LogP contribution >= 0.6 is 0 Å². The second kappa shape index (κ2) is 4.88. The first-order valence-electron chi connectivity index (χ1n) is 6.00. The molecule has 1 unspecified atom stereocenters. The SMILES string of the molecule is CC(N(C)c1ccc(C(=O)O)cc1N)C(C)(C)C. The Morgan fingerprint density at radius 3 is 2.33 bits per heavy atom. The third kappa shape index (κ3) is 2.94. The molecule has 18 heavy (non-hydrogen) atoms. The van der Waals surface area contributed by atoms with Crippen molar-refractivity contribution < 1.29 is 9.90 Å². The predicted molar refractivity (Wildman–Crippen MR) is 75.1 cm³/mol. The van der Waals surface area contributed by atoms with E-state index in [2.05, 4.69) is 32.6 Å². The van der Waals surface area contributed by atoms with E-state index in [1.807, 2.05) is 7.05 Å². The summed E-state index contributed by atoms with van der Waals surface area (Å²) in [4.78, 5) is 12.9. The van der Waals surface area contributed by atoms with Crippen LogP contribution in [-0.2, 0) is 0 Å². The highest BCUT2D eigenvalue weighted by Crippen LogP contribution is 2.31. The molecular formula is C14H22N2O2. The highest BCUT2D eigenvalue weighted by atomic mass is 16.4. The van der Waals surface area contributed by atoms with Crippen molar-refractivity contribution in [3.8, 4) is 0 Å². The normalized spacial score (nSPS) is 13.2. The molecule has 3 N–H and O–H groups in total. The Hall–Kier alpha value is -1.71. The summed E-state index contributed by atoms with van der Waals surface area (Å²) in [7, 11) is 1.97. The molecule has 0 saturated heterocycles. The largest absolute Gasteiger partial charge is 0.478 e. The van der Waals surface area contributed by atoms with Crippen molar-refractivity contribution in [1.29, 1.82) is 0 Å². The Morgan fingerprint density at radius 2 is 1.94 bits per heavy atom. The van der Waals surface area contributed by atoms with Gasteiger partial charge in [0, 0.05) is 13.1 Å². The van der Waals surface area contributed by atoms with E-state index in [0.29, 0.717) is 5.69 Å². The first-order chi connectivity index (χ1) is 8.14. The Bertz CT molecular complexity index is 450. The topological polar surface area (TPSA) is 66.6 Å². The summed E-state index contributed by atoms with van der Waals surface area (Å²) in [5.74, 6) is -0.959. The number of rotatable bonds is 3. The number of nitrogens with zero attached hydrogens (tertiary/aromatic N) is 1. The maximum Gasteiger partial charge on any atom is 0.335 e. The molecule has 0 saturated carbocycles. The lowest BCUT2D eigenvalue weighted by molar-refractivity contribution is 0.0697. The molecule has 0 radical (unpaired) electrons. The fourth-order valence-electron chi connectivity index (χ4n) is 1.80. The van der Waals surface area contributed by atoms with Gasteiger partial charge in [0.1, 0.15) is 0 Å². The van der Waals surface area contributed by atoms with E-state index in [9.17, 15) is 4.79 Å². The molecule has 0 aliphatic carbocycles. The average Bonchev–Trinajstić information content (AvgIpc) is 2.25. The smallest absolute Gasteiger partial charge is 0.335 e. The van der Waals surface area contributed by atoms with Gasteiger partial charge in [0.05, 0.1) is 16.9 Å². The number of carboxylic acid groups (broad SMARTS) is 1. The monoisotopic (exact) mass is 250 g/mol. The number of carboxylic acids is 1. The summed E-state index contributed by atoms with van der Waals surface area (Å²) in [5.41, 5.74) is 7.63. The van der Waals surface area contributed by atoms with Crippen molar-refractivity contribution in [1.82, 2.24) is 0 Å². The molecule has 4 nitrogen and oxygen atoms in total. The molecule has 0 aliphatic heterocycles. The van der Waals surface area contributed by atoms with Crippen LogP contribution in [0.15, 0.2) is 18.2 Å². The molecule has 0 heterocycles. The van der Waals surface area contributed by atoms with Gasteiger partial charge in [-0.05, 0) is 30.5 Å². The molecule has 1 atom stereocenters. The standard InChI is InChI=1S/C14H22N2O2/c1-9(14(2,3)4)16(5)12-7-6-10(13(17)18)8-11(12)15/h6-9H,15H2,1-5H3,(H,17,18). The lowest BCUT2D eigenvalue weighted by Crippen LogP contribution is -2.39. The summed E-state index contributed by atoms with van der Waals surface area (Å²) in [6.07, 6.45) is 0. The van der Waals surface area contributed by atoms with Crippen molar-refractivity contribution in [3.63, 3.8) is 0 Å². The fraction of sp³-hybridized carbons (Fsp3) is 0.500. The van der Waals surface area contributed by atoms with Gasteiger partial charge in [-0.3, -0.25) is 0 Å². The van der Waals surface area contributed by atoms with E-state index >= 15 is 0 Å². The van der Waals surface area contributed by atoms with Crippen molar-refractivity contribution >= 4 is 17.3 Å². The minimum absolute atomic E-state index is 0.118. The van der Waals surface area contributed by atoms with Crippen molar-refractivity contribution in [3.05, 3.63) is 23.8 Å². The van der Waals surface area contributed by atoms with E-state index < -0.39 is 5.97 Å². The van der Waals surface area contributed by atoms with E-state index in [4.69, 9.17) is 10.8 Å². The average molecular weight is 250 g/mol. The number of hydrogen-bond acceptors (Lipinski definition) is 3. The molecule has 1 aromatic carbocycles. The van der Waals surface area contributed by atoms with Crippen LogP contribution in [-0.4, -0.2) is 24.2 Å². The Balaban J connectivity index is 3.08. The number of hydrogen-bond donors (Lipinski definition) is 2. The van der Waals surface area contributed by atoms with Crippen molar-refractivity contribution in [2.45, 2.75) is 33.7 Å². The van der Waals surface area contributed by atoms with Crippen LogP contribution in [0.2, 0.25) is 0 Å². The van der Waals surface area contributed by atoms with Gasteiger partial charge in [-0.2, -0.15) is 0 Å². The number of carbonyl (C=O) groups is 1. The van der Waals surface area contributed by atoms with Gasteiger partial charge in [0.15, 0.2) is 0 Å². The third-order valence-corrected chi connectivity index (χ3v) is 3.49. The van der Waals surface area contributed by atoms with E-state index in [1.165, 1.54) is 6.07 Å². The Labute approximate surface area is 108 Å². The number of nitrogen functional groups attached to an aromatic ring is 1. The zero-order valence-corrected chi connectivity index (χ0v) is 11.7. The number of nitrogens with two attached hydrogens (primary N) is 1. The van der Waals surface area contributed by atoms with E-state index in [-0.39, 0.29) is 17.0 Å². The molecule has 0 amide bonds. The lowest BCUT2D eigenvalue weighted by Gasteiger charge is -2.37. The minimum Gasteiger partial charge on any atom is -0.478 e. The fourth-order valence-corrected chi connectivity index (χ4v) is 1.80. The van der Waals surface area contributed by atoms with Gasteiger partial charge in [-0.15, -0.1) is 0 Å². The van der Waals surface area contributed by atoms with E-state index in [0.717, 1.165) is 5.69 Å². The third-order valence-electron chi connectivity index (χ3n) is 3.49. The van der Waals surface area contributed by atoms with Crippen LogP contribution in [0.1, 0.15) is 38.1 Å². The molecule has 0 bridgehead atoms. The maximum atomic E-state index is 10.9. The minimum atomic E-state index is -0.959. The van der Waals surface area contributed by atoms with Gasteiger partial charge in [-0.1, -0.05) is 20.8 Å². The summed E-state index contributed by atoms with van der Waals surface area (Å²) in [6, 6.07) is 5.14. The second-order valence-electron chi connectivity index (χ2n) is 5.73. The van der Waals surface area contributed by atoms with Gasteiger partial charge in [0.25, 0.3) is 0 Å². The maximum absolute atomic E-state index is 10.9. The molecule has 4 heteroatoms. The van der Waals surface area contributed by atoms with Crippen LogP contribution in [0, 0.1) is 5.41 Å². The molecule has 0 spiro atoms. The summed E-state index contributed by atoms with van der Waals surface area (Å²) >= 11 is 0. The summed E-state index contributed by atoms with van der Waals surface area (Å²) < 4.78 is 0. The summed E-state index contributed by atoms with van der Waals surface area (Å²) in [6.45, 7) is 8.62. The lowest BCUT2D eigenvalue weighted by atomic mass is 9.87. The summed E-state index contributed by atoms with van der Waals surface area (Å²) in [5, 5.41) is 8.91. The van der Waals surface area contributed by atoms with Crippen LogP contribution < -0.4 is 10.6 Å². The molecule has 0 fully saturated rings. The zero-order chi connectivity index (χ0) is 14.1. The number of anilines is 2. The first kappa shape index (κ1) is 14.4. The molecular weight excluding hydrogens is 228 g/mol. The Morgan fingerprint density at radius 1 is 1.39 bits per heavy atom. The van der Waals surface area contributed by atoms with Crippen LogP contribution in [0.4, 0.5) is 11.4 Å². The van der Waals surface area contributed by atoms with E-state index in [1.54, 1.807) is 12.1 Å². The molecule has 0 aromatic heterocycles. The number of aromatic carboxylic acids is 1. The molecule has 100 valence electrons. The first-order valence-corrected chi connectivity index (χ1v) is 6.00. The molecule has 0 aliphatic rings. The van der Waals surface area contributed by atoms with Gasteiger partial charge < -0.3 is 15.7 Å². The Kier molecular flexibility index (Phi) is 3.89. The molecule has 1 rings (SSSR count).